The van der Waals surface area contributed by atoms with Gasteiger partial charge in [0, 0.05) is 23.0 Å². The monoisotopic (exact) mass is 448 g/mol. The summed E-state index contributed by atoms with van der Waals surface area (Å²) in [5.41, 5.74) is -0.803. The van der Waals surface area contributed by atoms with Gasteiger partial charge in [0.25, 0.3) is 0 Å². The number of rotatable bonds is 7. The van der Waals surface area contributed by atoms with E-state index < -0.39 is 24.1 Å². The highest BCUT2D eigenvalue weighted by Crippen LogP contribution is 2.41. The first-order valence-electron chi connectivity index (χ1n) is 9.43. The Morgan fingerprint density at radius 2 is 2.10 bits per heavy atom. The van der Waals surface area contributed by atoms with Crippen LogP contribution in [0.5, 0.6) is 5.75 Å². The lowest BCUT2D eigenvalue weighted by atomic mass is 10.1. The quantitative estimate of drug-likeness (QED) is 0.521. The second kappa shape index (κ2) is 8.97. The van der Waals surface area contributed by atoms with Crippen molar-refractivity contribution in [2.45, 2.75) is 58.5 Å². The van der Waals surface area contributed by atoms with E-state index in [0.717, 1.165) is 36.4 Å². The van der Waals surface area contributed by atoms with E-state index in [0.29, 0.717) is 23.3 Å². The van der Waals surface area contributed by atoms with Crippen molar-refractivity contribution in [3.63, 3.8) is 0 Å². The van der Waals surface area contributed by atoms with Gasteiger partial charge < -0.3 is 4.74 Å². The molecule has 0 N–H and O–H groups in total. The van der Waals surface area contributed by atoms with Crippen molar-refractivity contribution < 1.29 is 31.5 Å². The maximum atomic E-state index is 13.5. The minimum atomic E-state index is -4.87. The Morgan fingerprint density at radius 3 is 2.67 bits per heavy atom. The van der Waals surface area contributed by atoms with Crippen LogP contribution in [0, 0.1) is 0 Å². The molecular formula is C20H21F5N2O2S. The van der Waals surface area contributed by atoms with Crippen molar-refractivity contribution in [3.8, 4) is 17.0 Å². The van der Waals surface area contributed by atoms with Gasteiger partial charge in [-0.3, -0.25) is 9.69 Å². The third-order valence-corrected chi connectivity index (χ3v) is 5.99. The number of hydrogen-bond acceptors (Lipinski definition) is 5. The zero-order chi connectivity index (χ0) is 22.1. The minimum Gasteiger partial charge on any atom is -0.434 e. The molecule has 0 saturated carbocycles. The number of alkyl halides is 5. The number of benzene rings is 1. The number of carbonyl (C=O) groups excluding carboxylic acids is 1. The molecule has 3 rings (SSSR count). The fourth-order valence-corrected chi connectivity index (χ4v) is 4.72. The Labute approximate surface area is 174 Å². The van der Waals surface area contributed by atoms with Gasteiger partial charge in [0.15, 0.2) is 0 Å². The van der Waals surface area contributed by atoms with Gasteiger partial charge in [0.05, 0.1) is 17.7 Å². The van der Waals surface area contributed by atoms with Crippen molar-refractivity contribution in [2.24, 2.45) is 0 Å². The number of ether oxygens (including phenoxy) is 1. The van der Waals surface area contributed by atoms with E-state index in [9.17, 15) is 26.7 Å². The van der Waals surface area contributed by atoms with Gasteiger partial charge in [-0.25, -0.2) is 4.98 Å². The molecule has 1 saturated heterocycles. The van der Waals surface area contributed by atoms with E-state index in [1.54, 1.807) is 0 Å². The summed E-state index contributed by atoms with van der Waals surface area (Å²) in [5, 5.41) is 0.515. The highest BCUT2D eigenvalue weighted by atomic mass is 32.1. The average molecular weight is 448 g/mol. The van der Waals surface area contributed by atoms with Crippen LogP contribution in [0.2, 0.25) is 0 Å². The smallest absolute Gasteiger partial charge is 0.419 e. The van der Waals surface area contributed by atoms with Crippen molar-refractivity contribution in [2.75, 3.05) is 6.54 Å². The lowest BCUT2D eigenvalue weighted by Crippen LogP contribution is -2.25. The zero-order valence-electron chi connectivity index (χ0n) is 16.4. The van der Waals surface area contributed by atoms with Gasteiger partial charge >= 0.3 is 12.8 Å². The Morgan fingerprint density at radius 1 is 1.37 bits per heavy atom. The van der Waals surface area contributed by atoms with E-state index in [-0.39, 0.29) is 17.8 Å². The maximum absolute atomic E-state index is 13.5. The predicted octanol–water partition coefficient (Wildman–Crippen LogP) is 5.55. The van der Waals surface area contributed by atoms with Gasteiger partial charge in [-0.1, -0.05) is 0 Å². The summed E-state index contributed by atoms with van der Waals surface area (Å²) in [6.45, 7) is 1.51. The second-order valence-corrected chi connectivity index (χ2v) is 8.48. The highest BCUT2D eigenvalue weighted by Gasteiger charge is 2.36. The summed E-state index contributed by atoms with van der Waals surface area (Å²) in [4.78, 5) is 18.9. The van der Waals surface area contributed by atoms with Crippen molar-refractivity contribution in [1.29, 1.82) is 0 Å². The number of aromatic nitrogens is 1. The molecule has 1 aromatic heterocycles. The molecule has 1 aliphatic heterocycles. The number of likely N-dealkylation sites (tertiary alicyclic amines) is 1. The van der Waals surface area contributed by atoms with E-state index >= 15 is 0 Å². The third kappa shape index (κ3) is 5.34. The molecule has 1 aliphatic rings. The normalized spacial score (nSPS) is 17.7. The standard InChI is InChI=1S/C20H21F5N2O2S/c1-11-4-3-7-27(11)10-16-18(26-17(30-16)8-12(2)28)13-5-6-15(29-19(21)22)14(9-13)20(23,24)25/h5-6,9,11,19H,3-4,7-8,10H2,1-2H3/t11-/m1/s1. The van der Waals surface area contributed by atoms with E-state index in [2.05, 4.69) is 21.5 Å². The molecule has 2 aromatic rings. The van der Waals surface area contributed by atoms with E-state index in [4.69, 9.17) is 0 Å². The number of Topliss-reactive ketones (excluding diaryl/α,β-unsaturated/α-hetero) is 1. The van der Waals surface area contributed by atoms with Gasteiger partial charge in [0.1, 0.15) is 16.5 Å². The van der Waals surface area contributed by atoms with Crippen LogP contribution in [0.25, 0.3) is 11.3 Å². The molecule has 1 fully saturated rings. The molecule has 0 unspecified atom stereocenters. The van der Waals surface area contributed by atoms with Gasteiger partial charge in [0.2, 0.25) is 0 Å². The summed E-state index contributed by atoms with van der Waals surface area (Å²) in [6, 6.07) is 3.29. The van der Waals surface area contributed by atoms with Crippen molar-refractivity contribution >= 4 is 17.1 Å². The number of halogens is 5. The second-order valence-electron chi connectivity index (χ2n) is 7.31. The van der Waals surface area contributed by atoms with Crippen LogP contribution in [0.15, 0.2) is 18.2 Å². The molecule has 30 heavy (non-hydrogen) atoms. The van der Waals surface area contributed by atoms with Gasteiger partial charge in [-0.2, -0.15) is 22.0 Å². The molecule has 10 heteroatoms. The van der Waals surface area contributed by atoms with Gasteiger partial charge in [-0.05, 0) is 51.4 Å². The first-order chi connectivity index (χ1) is 14.0. The largest absolute Gasteiger partial charge is 0.434 e. The Bertz CT molecular complexity index is 913. The van der Waals surface area contributed by atoms with E-state index in [1.165, 1.54) is 24.3 Å². The summed E-state index contributed by atoms with van der Waals surface area (Å²) in [5.74, 6) is -1.04. The van der Waals surface area contributed by atoms with Crippen molar-refractivity contribution in [3.05, 3.63) is 33.6 Å². The topological polar surface area (TPSA) is 42.4 Å². The summed E-state index contributed by atoms with van der Waals surface area (Å²) in [7, 11) is 0. The number of hydrogen-bond donors (Lipinski definition) is 0. The van der Waals surface area contributed by atoms with Crippen LogP contribution in [0.1, 0.15) is 42.1 Å². The lowest BCUT2D eigenvalue weighted by Gasteiger charge is -2.20. The van der Waals surface area contributed by atoms with Crippen LogP contribution in [-0.4, -0.2) is 34.9 Å². The number of nitrogens with zero attached hydrogens (tertiary/aromatic N) is 2. The SMILES string of the molecule is CC(=O)Cc1nc(-c2ccc(OC(F)F)c(C(F)(F)F)c2)c(CN2CCC[C@H]2C)s1. The van der Waals surface area contributed by atoms with Gasteiger partial charge in [-0.15, -0.1) is 11.3 Å². The van der Waals surface area contributed by atoms with Crippen molar-refractivity contribution in [1.82, 2.24) is 9.88 Å². The highest BCUT2D eigenvalue weighted by molar-refractivity contribution is 7.12. The molecule has 1 aromatic carbocycles. The molecule has 0 radical (unpaired) electrons. The first kappa shape index (κ1) is 22.6. The summed E-state index contributed by atoms with van der Waals surface area (Å²) >= 11 is 1.29. The van der Waals surface area contributed by atoms with Crippen LogP contribution < -0.4 is 4.74 Å². The Balaban J connectivity index is 2.04. The molecule has 0 spiro atoms. The van der Waals surface area contributed by atoms with Crippen LogP contribution >= 0.6 is 11.3 Å². The molecule has 0 amide bonds. The molecular weight excluding hydrogens is 427 g/mol. The number of thiazole rings is 1. The minimum absolute atomic E-state index is 0.0892. The van der Waals surface area contributed by atoms with E-state index in [1.807, 2.05) is 0 Å². The van der Waals surface area contributed by atoms with Crippen LogP contribution in [-0.2, 0) is 23.9 Å². The molecule has 0 bridgehead atoms. The lowest BCUT2D eigenvalue weighted by molar-refractivity contribution is -0.141. The summed E-state index contributed by atoms with van der Waals surface area (Å²) < 4.78 is 69.5. The van der Waals surface area contributed by atoms with Crippen LogP contribution in [0.3, 0.4) is 0 Å². The maximum Gasteiger partial charge on any atom is 0.419 e. The number of carbonyl (C=O) groups is 1. The molecule has 1 atom stereocenters. The first-order valence-corrected chi connectivity index (χ1v) is 10.2. The average Bonchev–Trinajstić information content (AvgIpc) is 3.20. The Kier molecular flexibility index (Phi) is 6.76. The van der Waals surface area contributed by atoms with Crippen LogP contribution in [0.4, 0.5) is 22.0 Å². The molecule has 164 valence electrons. The fourth-order valence-electron chi connectivity index (χ4n) is 3.53. The third-order valence-electron chi connectivity index (χ3n) is 4.95. The zero-order valence-corrected chi connectivity index (χ0v) is 17.2. The number of ketones is 1. The molecule has 2 heterocycles. The Hall–Kier alpha value is -2.07. The molecule has 4 nitrogen and oxygen atoms in total. The molecule has 0 aliphatic carbocycles. The predicted molar refractivity (Wildman–Crippen MR) is 103 cm³/mol. The summed E-state index contributed by atoms with van der Waals surface area (Å²) in [6.07, 6.45) is -2.71. The fraction of sp³-hybridized carbons (Fsp3) is 0.500.